The molecule has 1 saturated heterocycles. The number of carbonyl (C=O) groups is 2. The number of ether oxygens (including phenoxy) is 4. The van der Waals surface area contributed by atoms with Crippen LogP contribution in [0.4, 0.5) is 5.69 Å². The third-order valence-corrected chi connectivity index (χ3v) is 6.20. The second-order valence-electron chi connectivity index (χ2n) is 7.05. The molecule has 1 unspecified atom stereocenters. The van der Waals surface area contributed by atoms with E-state index in [0.29, 0.717) is 56.5 Å². The van der Waals surface area contributed by atoms with Gasteiger partial charge in [0.15, 0.2) is 21.9 Å². The number of thioether (sulfide) groups is 1. The molecule has 10 heteroatoms. The highest BCUT2D eigenvalue weighted by Crippen LogP contribution is 2.41. The minimum atomic E-state index is -1.05. The number of nitrogens with zero attached hydrogens (tertiary/aromatic N) is 1. The van der Waals surface area contributed by atoms with Crippen LogP contribution >= 0.6 is 24.0 Å². The Morgan fingerprint density at radius 1 is 1.12 bits per heavy atom. The zero-order valence-corrected chi connectivity index (χ0v) is 20.8. The van der Waals surface area contributed by atoms with Crippen LogP contribution in [0.3, 0.4) is 0 Å². The number of carbonyl (C=O) groups excluding carboxylic acids is 1. The van der Waals surface area contributed by atoms with Crippen LogP contribution in [0.2, 0.25) is 0 Å². The number of hydrogen-bond acceptors (Lipinski definition) is 8. The smallest absolute Gasteiger partial charge is 0.344 e. The molecule has 1 N–H and O–H groups in total. The van der Waals surface area contributed by atoms with E-state index in [-0.39, 0.29) is 5.91 Å². The molecule has 0 radical (unpaired) electrons. The topological polar surface area (TPSA) is 94.5 Å². The van der Waals surface area contributed by atoms with Crippen LogP contribution in [0.15, 0.2) is 41.3 Å². The molecule has 0 saturated carbocycles. The molecule has 0 spiro atoms. The number of aliphatic carboxylic acids is 1. The van der Waals surface area contributed by atoms with Gasteiger partial charge in [0.05, 0.1) is 31.4 Å². The van der Waals surface area contributed by atoms with Gasteiger partial charge in [-0.1, -0.05) is 37.0 Å². The van der Waals surface area contributed by atoms with E-state index in [1.165, 1.54) is 23.8 Å². The summed E-state index contributed by atoms with van der Waals surface area (Å²) in [6, 6.07) is 10.2. The average molecular weight is 504 g/mol. The second-order valence-corrected chi connectivity index (χ2v) is 8.72. The van der Waals surface area contributed by atoms with Gasteiger partial charge in [-0.05, 0) is 49.2 Å². The molecular weight excluding hydrogens is 478 g/mol. The summed E-state index contributed by atoms with van der Waals surface area (Å²) >= 11 is 6.65. The monoisotopic (exact) mass is 503 g/mol. The van der Waals surface area contributed by atoms with E-state index in [4.69, 9.17) is 31.2 Å². The molecule has 1 aliphatic heterocycles. The number of carboxylic acids is 1. The fourth-order valence-corrected chi connectivity index (χ4v) is 4.52. The number of hydrogen-bond donors (Lipinski definition) is 1. The largest absolute Gasteiger partial charge is 0.497 e. The highest BCUT2D eigenvalue weighted by molar-refractivity contribution is 8.27. The Balaban J connectivity index is 1.91. The van der Waals surface area contributed by atoms with Crippen molar-refractivity contribution in [3.8, 4) is 23.0 Å². The van der Waals surface area contributed by atoms with Crippen LogP contribution < -0.4 is 23.8 Å². The summed E-state index contributed by atoms with van der Waals surface area (Å²) < 4.78 is 22.3. The highest BCUT2D eigenvalue weighted by Gasteiger charge is 2.35. The number of anilines is 1. The SMILES string of the molecule is CCOc1cc(/C=C2/SC(=S)N(c3ccc(OC)cc3OC)C2=O)ccc1OC(CC)C(=O)O. The number of carboxylic acid groups (broad SMARTS) is 1. The predicted octanol–water partition coefficient (Wildman–Crippen LogP) is 4.75. The number of thiocarbonyl (C=S) groups is 1. The van der Waals surface area contributed by atoms with Crippen molar-refractivity contribution in [2.45, 2.75) is 26.4 Å². The van der Waals surface area contributed by atoms with E-state index in [0.717, 1.165) is 0 Å². The first-order valence-corrected chi connectivity index (χ1v) is 11.7. The molecule has 8 nitrogen and oxygen atoms in total. The standard InChI is InChI=1S/C24H25NO7S2/c1-5-17(23(27)28)32-18-10-7-14(11-20(18)31-6-2)12-21-22(26)25(24(33)34-21)16-9-8-15(29-3)13-19(16)30-4/h7-13,17H,5-6H2,1-4H3,(H,27,28)/b21-12+. The lowest BCUT2D eigenvalue weighted by Crippen LogP contribution is -2.27. The molecule has 0 bridgehead atoms. The lowest BCUT2D eigenvalue weighted by atomic mass is 10.1. The first-order valence-electron chi connectivity index (χ1n) is 10.5. The van der Waals surface area contributed by atoms with E-state index in [9.17, 15) is 14.7 Å². The fraction of sp³-hybridized carbons (Fsp3) is 0.292. The van der Waals surface area contributed by atoms with Crippen LogP contribution in [0.5, 0.6) is 23.0 Å². The summed E-state index contributed by atoms with van der Waals surface area (Å²) in [5.41, 5.74) is 1.20. The molecule has 2 aromatic rings. The van der Waals surface area contributed by atoms with E-state index < -0.39 is 12.1 Å². The summed E-state index contributed by atoms with van der Waals surface area (Å²) in [7, 11) is 3.06. The summed E-state index contributed by atoms with van der Waals surface area (Å²) in [5, 5.41) is 9.29. The van der Waals surface area contributed by atoms with E-state index in [2.05, 4.69) is 0 Å². The van der Waals surface area contributed by atoms with Gasteiger partial charge < -0.3 is 24.1 Å². The molecule has 1 atom stereocenters. The molecule has 0 aliphatic carbocycles. The van der Waals surface area contributed by atoms with Crippen molar-refractivity contribution in [2.24, 2.45) is 0 Å². The fourth-order valence-electron chi connectivity index (χ4n) is 3.24. The lowest BCUT2D eigenvalue weighted by Gasteiger charge is -2.18. The third kappa shape index (κ3) is 5.45. The molecule has 3 rings (SSSR count). The van der Waals surface area contributed by atoms with Crippen molar-refractivity contribution in [3.63, 3.8) is 0 Å². The van der Waals surface area contributed by atoms with Gasteiger partial charge in [0, 0.05) is 6.07 Å². The quantitative estimate of drug-likeness (QED) is 0.364. The summed E-state index contributed by atoms with van der Waals surface area (Å²) in [6.45, 7) is 3.91. The van der Waals surface area contributed by atoms with E-state index >= 15 is 0 Å². The molecule has 1 amide bonds. The maximum atomic E-state index is 13.2. The minimum Gasteiger partial charge on any atom is -0.497 e. The Morgan fingerprint density at radius 3 is 2.50 bits per heavy atom. The van der Waals surface area contributed by atoms with Gasteiger partial charge in [-0.25, -0.2) is 4.79 Å². The average Bonchev–Trinajstić information content (AvgIpc) is 3.10. The zero-order chi connectivity index (χ0) is 24.8. The molecule has 0 aromatic heterocycles. The molecule has 1 aliphatic rings. The Bertz CT molecular complexity index is 1130. The van der Waals surface area contributed by atoms with Crippen molar-refractivity contribution in [1.29, 1.82) is 0 Å². The number of rotatable bonds is 10. The molecule has 1 fully saturated rings. The number of amides is 1. The maximum absolute atomic E-state index is 13.2. The van der Waals surface area contributed by atoms with Crippen LogP contribution in [-0.4, -0.2) is 48.2 Å². The predicted molar refractivity (Wildman–Crippen MR) is 135 cm³/mol. The molecule has 2 aromatic carbocycles. The second kappa shape index (κ2) is 11.3. The van der Waals surface area contributed by atoms with Crippen LogP contribution in [-0.2, 0) is 9.59 Å². The van der Waals surface area contributed by atoms with Crippen molar-refractivity contribution >= 4 is 51.9 Å². The third-order valence-electron chi connectivity index (χ3n) is 4.90. The first kappa shape index (κ1) is 25.4. The van der Waals surface area contributed by atoms with Gasteiger partial charge in [0.2, 0.25) is 0 Å². The molecule has 180 valence electrons. The molecular formula is C24H25NO7S2. The highest BCUT2D eigenvalue weighted by atomic mass is 32.2. The summed E-state index contributed by atoms with van der Waals surface area (Å²) in [4.78, 5) is 26.4. The maximum Gasteiger partial charge on any atom is 0.344 e. The van der Waals surface area contributed by atoms with Crippen molar-refractivity contribution in [1.82, 2.24) is 0 Å². The molecule has 1 heterocycles. The van der Waals surface area contributed by atoms with Gasteiger partial charge in [-0.3, -0.25) is 9.69 Å². The van der Waals surface area contributed by atoms with E-state index in [1.807, 2.05) is 6.92 Å². The van der Waals surface area contributed by atoms with Gasteiger partial charge in [-0.2, -0.15) is 0 Å². The van der Waals surface area contributed by atoms with Gasteiger partial charge in [0.25, 0.3) is 5.91 Å². The Morgan fingerprint density at radius 2 is 1.88 bits per heavy atom. The zero-order valence-electron chi connectivity index (χ0n) is 19.2. The van der Waals surface area contributed by atoms with E-state index in [1.54, 1.807) is 56.5 Å². The Hall–Kier alpha value is -3.24. The van der Waals surface area contributed by atoms with Gasteiger partial charge in [0.1, 0.15) is 11.5 Å². The van der Waals surface area contributed by atoms with Crippen molar-refractivity contribution in [3.05, 3.63) is 46.9 Å². The first-order chi connectivity index (χ1) is 16.3. The summed E-state index contributed by atoms with van der Waals surface area (Å²) in [6.07, 6.45) is 1.02. The summed E-state index contributed by atoms with van der Waals surface area (Å²) in [5.74, 6) is 0.439. The minimum absolute atomic E-state index is 0.284. The normalized spacial score (nSPS) is 15.4. The number of benzene rings is 2. The van der Waals surface area contributed by atoms with Crippen LogP contribution in [0, 0.1) is 0 Å². The van der Waals surface area contributed by atoms with Crippen molar-refractivity contribution in [2.75, 3.05) is 25.7 Å². The molecule has 34 heavy (non-hydrogen) atoms. The number of methoxy groups -OCH3 is 2. The van der Waals surface area contributed by atoms with Crippen molar-refractivity contribution < 1.29 is 33.6 Å². The van der Waals surface area contributed by atoms with Gasteiger partial charge >= 0.3 is 5.97 Å². The van der Waals surface area contributed by atoms with Gasteiger partial charge in [-0.15, -0.1) is 0 Å². The Kier molecular flexibility index (Phi) is 8.41. The Labute approximate surface area is 207 Å². The lowest BCUT2D eigenvalue weighted by molar-refractivity contribution is -0.145. The van der Waals surface area contributed by atoms with Crippen LogP contribution in [0.25, 0.3) is 6.08 Å². The van der Waals surface area contributed by atoms with Crippen LogP contribution in [0.1, 0.15) is 25.8 Å².